The lowest BCUT2D eigenvalue weighted by molar-refractivity contribution is 0.0920. The van der Waals surface area contributed by atoms with Crippen molar-refractivity contribution in [2.75, 3.05) is 12.4 Å². The molecule has 3 aromatic rings. The standard InChI is InChI=1S/C19H19FN2O2S/c1-13(2)24-11-12-25-19-21-16-9-5-3-7-14(16)18(23)22(19)17-10-6-4-8-15(17)20/h3-10,13H,11-12H2,1-2H3. The van der Waals surface area contributed by atoms with Crippen molar-refractivity contribution in [3.05, 3.63) is 64.7 Å². The number of aromatic nitrogens is 2. The zero-order valence-corrected chi connectivity index (χ0v) is 14.9. The fraction of sp³-hybridized carbons (Fsp3) is 0.263. The quantitative estimate of drug-likeness (QED) is 0.379. The predicted octanol–water partition coefficient (Wildman–Crippen LogP) is 4.04. The molecular weight excluding hydrogens is 339 g/mol. The third kappa shape index (κ3) is 3.91. The van der Waals surface area contributed by atoms with Crippen molar-refractivity contribution in [3.63, 3.8) is 0 Å². The van der Waals surface area contributed by atoms with E-state index in [-0.39, 0.29) is 17.4 Å². The van der Waals surface area contributed by atoms with Crippen LogP contribution in [0.1, 0.15) is 13.8 Å². The SMILES string of the molecule is CC(C)OCCSc1nc2ccccc2c(=O)n1-c1ccccc1F. The Bertz CT molecular complexity index is 940. The Balaban J connectivity index is 2.08. The van der Waals surface area contributed by atoms with Gasteiger partial charge in [-0.3, -0.25) is 9.36 Å². The van der Waals surface area contributed by atoms with Gasteiger partial charge < -0.3 is 4.74 Å². The van der Waals surface area contributed by atoms with Gasteiger partial charge in [-0.15, -0.1) is 0 Å². The number of thioether (sulfide) groups is 1. The molecule has 0 saturated heterocycles. The monoisotopic (exact) mass is 358 g/mol. The summed E-state index contributed by atoms with van der Waals surface area (Å²) in [5.41, 5.74) is 0.536. The first-order chi connectivity index (χ1) is 12.1. The van der Waals surface area contributed by atoms with Gasteiger partial charge in [-0.25, -0.2) is 9.37 Å². The van der Waals surface area contributed by atoms with Gasteiger partial charge in [0.25, 0.3) is 5.56 Å². The first kappa shape index (κ1) is 17.6. The normalized spacial score (nSPS) is 11.4. The van der Waals surface area contributed by atoms with E-state index in [1.165, 1.54) is 22.4 Å². The molecule has 0 saturated carbocycles. The smallest absolute Gasteiger partial charge is 0.266 e. The minimum absolute atomic E-state index is 0.138. The van der Waals surface area contributed by atoms with Crippen LogP contribution in [0.15, 0.2) is 58.5 Å². The van der Waals surface area contributed by atoms with E-state index >= 15 is 0 Å². The Morgan fingerprint density at radius 1 is 1.16 bits per heavy atom. The second-order valence-corrected chi connectivity index (χ2v) is 6.83. The van der Waals surface area contributed by atoms with Crippen LogP contribution in [-0.4, -0.2) is 28.0 Å². The molecule has 0 aliphatic carbocycles. The summed E-state index contributed by atoms with van der Waals surface area (Å²) >= 11 is 1.38. The Morgan fingerprint density at radius 3 is 2.64 bits per heavy atom. The fourth-order valence-corrected chi connectivity index (χ4v) is 3.31. The highest BCUT2D eigenvalue weighted by Crippen LogP contribution is 2.22. The first-order valence-electron chi connectivity index (χ1n) is 8.09. The van der Waals surface area contributed by atoms with Crippen LogP contribution >= 0.6 is 11.8 Å². The number of ether oxygens (including phenoxy) is 1. The van der Waals surface area contributed by atoms with Gasteiger partial charge in [0, 0.05) is 5.75 Å². The Kier molecular flexibility index (Phi) is 5.50. The van der Waals surface area contributed by atoms with Crippen molar-refractivity contribution in [3.8, 4) is 5.69 Å². The molecule has 0 amide bonds. The number of fused-ring (bicyclic) bond motifs is 1. The molecule has 6 heteroatoms. The van der Waals surface area contributed by atoms with Crippen molar-refractivity contribution in [1.82, 2.24) is 9.55 Å². The fourth-order valence-electron chi connectivity index (χ4n) is 2.47. The van der Waals surface area contributed by atoms with E-state index in [0.29, 0.717) is 28.4 Å². The van der Waals surface area contributed by atoms with Crippen LogP contribution < -0.4 is 5.56 Å². The molecule has 0 N–H and O–H groups in total. The van der Waals surface area contributed by atoms with Crippen molar-refractivity contribution < 1.29 is 9.13 Å². The molecule has 0 bridgehead atoms. The number of nitrogens with zero attached hydrogens (tertiary/aromatic N) is 2. The summed E-state index contributed by atoms with van der Waals surface area (Å²) in [6.45, 7) is 4.46. The summed E-state index contributed by atoms with van der Waals surface area (Å²) in [5, 5.41) is 0.926. The molecule has 0 atom stereocenters. The van der Waals surface area contributed by atoms with Crippen molar-refractivity contribution in [2.24, 2.45) is 0 Å². The Morgan fingerprint density at radius 2 is 1.88 bits per heavy atom. The number of hydrogen-bond donors (Lipinski definition) is 0. The number of halogens is 1. The summed E-state index contributed by atoms with van der Waals surface area (Å²) in [6, 6.07) is 13.3. The highest BCUT2D eigenvalue weighted by Gasteiger charge is 2.15. The van der Waals surface area contributed by atoms with Gasteiger partial charge in [0.05, 0.1) is 29.3 Å². The van der Waals surface area contributed by atoms with Crippen LogP contribution in [-0.2, 0) is 4.74 Å². The molecule has 25 heavy (non-hydrogen) atoms. The lowest BCUT2D eigenvalue weighted by Gasteiger charge is -2.14. The number of para-hydroxylation sites is 2. The van der Waals surface area contributed by atoms with Crippen LogP contribution in [0.5, 0.6) is 0 Å². The maximum absolute atomic E-state index is 14.3. The summed E-state index contributed by atoms with van der Waals surface area (Å²) in [6.07, 6.45) is 0.138. The average Bonchev–Trinajstić information content (AvgIpc) is 2.60. The van der Waals surface area contributed by atoms with Crippen molar-refractivity contribution in [2.45, 2.75) is 25.1 Å². The van der Waals surface area contributed by atoms with E-state index in [0.717, 1.165) is 0 Å². The highest BCUT2D eigenvalue weighted by atomic mass is 32.2. The van der Waals surface area contributed by atoms with Crippen LogP contribution in [0.2, 0.25) is 0 Å². The van der Waals surface area contributed by atoms with Crippen LogP contribution in [0.25, 0.3) is 16.6 Å². The Hall–Kier alpha value is -2.18. The molecule has 0 spiro atoms. The third-order valence-corrected chi connectivity index (χ3v) is 4.51. The minimum Gasteiger partial charge on any atom is -0.378 e. The topological polar surface area (TPSA) is 44.1 Å². The summed E-state index contributed by atoms with van der Waals surface area (Å²) < 4.78 is 21.2. The zero-order valence-electron chi connectivity index (χ0n) is 14.1. The first-order valence-corrected chi connectivity index (χ1v) is 9.07. The molecule has 0 fully saturated rings. The molecule has 130 valence electrons. The lowest BCUT2D eigenvalue weighted by Crippen LogP contribution is -2.23. The molecule has 4 nitrogen and oxygen atoms in total. The Labute approximate surface area is 149 Å². The van der Waals surface area contributed by atoms with Gasteiger partial charge in [0.15, 0.2) is 5.16 Å². The van der Waals surface area contributed by atoms with E-state index in [2.05, 4.69) is 4.98 Å². The van der Waals surface area contributed by atoms with Gasteiger partial charge in [0.1, 0.15) is 5.82 Å². The molecule has 0 unspecified atom stereocenters. The van der Waals surface area contributed by atoms with E-state index in [9.17, 15) is 9.18 Å². The van der Waals surface area contributed by atoms with Crippen LogP contribution in [0.4, 0.5) is 4.39 Å². The van der Waals surface area contributed by atoms with E-state index in [1.54, 1.807) is 36.4 Å². The number of hydrogen-bond acceptors (Lipinski definition) is 4. The summed E-state index contributed by atoms with van der Waals surface area (Å²) in [4.78, 5) is 17.5. The zero-order chi connectivity index (χ0) is 17.8. The minimum atomic E-state index is -0.457. The van der Waals surface area contributed by atoms with Crippen LogP contribution in [0, 0.1) is 5.82 Å². The largest absolute Gasteiger partial charge is 0.378 e. The third-order valence-electron chi connectivity index (χ3n) is 3.60. The van der Waals surface area contributed by atoms with E-state index in [4.69, 9.17) is 4.74 Å². The molecule has 2 aromatic carbocycles. The van der Waals surface area contributed by atoms with Crippen molar-refractivity contribution in [1.29, 1.82) is 0 Å². The summed E-state index contributed by atoms with van der Waals surface area (Å²) in [7, 11) is 0. The lowest BCUT2D eigenvalue weighted by atomic mass is 10.2. The number of rotatable bonds is 6. The maximum Gasteiger partial charge on any atom is 0.266 e. The second-order valence-electron chi connectivity index (χ2n) is 5.77. The molecule has 0 radical (unpaired) electrons. The maximum atomic E-state index is 14.3. The summed E-state index contributed by atoms with van der Waals surface area (Å²) in [5.74, 6) is 0.166. The predicted molar refractivity (Wildman–Crippen MR) is 99.1 cm³/mol. The van der Waals surface area contributed by atoms with Gasteiger partial charge in [-0.1, -0.05) is 36.0 Å². The molecule has 0 aliphatic heterocycles. The van der Waals surface area contributed by atoms with Gasteiger partial charge in [-0.2, -0.15) is 0 Å². The number of benzene rings is 2. The van der Waals surface area contributed by atoms with Crippen molar-refractivity contribution >= 4 is 22.7 Å². The average molecular weight is 358 g/mol. The van der Waals surface area contributed by atoms with Crippen LogP contribution in [0.3, 0.4) is 0 Å². The molecule has 1 aromatic heterocycles. The van der Waals surface area contributed by atoms with E-state index < -0.39 is 5.82 Å². The van der Waals surface area contributed by atoms with E-state index in [1.807, 2.05) is 19.9 Å². The molecule has 3 rings (SSSR count). The highest BCUT2D eigenvalue weighted by molar-refractivity contribution is 7.99. The van der Waals surface area contributed by atoms with Gasteiger partial charge in [0.2, 0.25) is 0 Å². The van der Waals surface area contributed by atoms with Gasteiger partial charge >= 0.3 is 0 Å². The van der Waals surface area contributed by atoms with Gasteiger partial charge in [-0.05, 0) is 38.1 Å². The second kappa shape index (κ2) is 7.80. The molecule has 0 aliphatic rings. The molecule has 1 heterocycles. The molecular formula is C19H19FN2O2S.